The Morgan fingerprint density at radius 1 is 1.12 bits per heavy atom. The summed E-state index contributed by atoms with van der Waals surface area (Å²) in [6.07, 6.45) is 7.63. The molecule has 24 heavy (non-hydrogen) atoms. The zero-order valence-electron chi connectivity index (χ0n) is 15.1. The molecule has 3 fully saturated rings. The van der Waals surface area contributed by atoms with Gasteiger partial charge in [-0.15, -0.1) is 0 Å². The SMILES string of the molecule is C=C(C)[C@H]1OCC[C@@H]1CNC(=O)N1CCCN(C2CCCC2)CC1. The first-order chi connectivity index (χ1) is 11.6. The van der Waals surface area contributed by atoms with E-state index in [4.69, 9.17) is 4.74 Å². The van der Waals surface area contributed by atoms with Gasteiger partial charge in [-0.25, -0.2) is 4.79 Å². The fraction of sp³-hybridized carbons (Fsp3) is 0.842. The molecule has 5 heteroatoms. The maximum atomic E-state index is 12.5. The van der Waals surface area contributed by atoms with E-state index in [1.807, 2.05) is 11.8 Å². The highest BCUT2D eigenvalue weighted by Crippen LogP contribution is 2.26. The topological polar surface area (TPSA) is 44.8 Å². The molecule has 2 saturated heterocycles. The summed E-state index contributed by atoms with van der Waals surface area (Å²) in [5.74, 6) is 0.369. The van der Waals surface area contributed by atoms with Crippen molar-refractivity contribution < 1.29 is 9.53 Å². The quantitative estimate of drug-likeness (QED) is 0.803. The fourth-order valence-corrected chi connectivity index (χ4v) is 4.49. The number of carbonyl (C=O) groups excluding carboxylic acids is 1. The van der Waals surface area contributed by atoms with Crippen LogP contribution in [0.15, 0.2) is 12.2 Å². The third kappa shape index (κ3) is 4.31. The average molecular weight is 335 g/mol. The normalized spacial score (nSPS) is 29.6. The van der Waals surface area contributed by atoms with Gasteiger partial charge in [0.1, 0.15) is 0 Å². The standard InChI is InChI=1S/C19H33N3O2/c1-15(2)18-16(8-13-24-18)14-20-19(23)22-10-5-9-21(11-12-22)17-6-3-4-7-17/h16-18H,1,3-14H2,2H3,(H,20,23)/t16-,18-/m1/s1. The number of ether oxygens (including phenoxy) is 1. The second-order valence-corrected chi connectivity index (χ2v) is 7.69. The molecule has 1 N–H and O–H groups in total. The van der Waals surface area contributed by atoms with Gasteiger partial charge in [-0.2, -0.15) is 0 Å². The van der Waals surface area contributed by atoms with Crippen molar-refractivity contribution in [3.8, 4) is 0 Å². The lowest BCUT2D eigenvalue weighted by atomic mass is 9.97. The van der Waals surface area contributed by atoms with Crippen molar-refractivity contribution in [3.63, 3.8) is 0 Å². The molecular formula is C19H33N3O2. The molecule has 0 spiro atoms. The molecule has 2 atom stereocenters. The summed E-state index contributed by atoms with van der Waals surface area (Å²) < 4.78 is 5.72. The second-order valence-electron chi connectivity index (χ2n) is 7.69. The number of amides is 2. The molecule has 0 radical (unpaired) electrons. The molecule has 2 aliphatic heterocycles. The molecule has 136 valence electrons. The summed E-state index contributed by atoms with van der Waals surface area (Å²) in [6.45, 7) is 11.4. The Morgan fingerprint density at radius 3 is 2.67 bits per heavy atom. The minimum Gasteiger partial charge on any atom is -0.374 e. The monoisotopic (exact) mass is 335 g/mol. The number of rotatable bonds is 4. The van der Waals surface area contributed by atoms with Crippen molar-refractivity contribution >= 4 is 6.03 Å². The van der Waals surface area contributed by atoms with Gasteiger partial charge in [-0.3, -0.25) is 4.90 Å². The number of hydrogen-bond acceptors (Lipinski definition) is 3. The van der Waals surface area contributed by atoms with Crippen LogP contribution in [0.25, 0.3) is 0 Å². The van der Waals surface area contributed by atoms with E-state index in [9.17, 15) is 4.79 Å². The van der Waals surface area contributed by atoms with Crippen LogP contribution in [0, 0.1) is 5.92 Å². The van der Waals surface area contributed by atoms with Crippen LogP contribution in [0.4, 0.5) is 4.79 Å². The lowest BCUT2D eigenvalue weighted by Crippen LogP contribution is -2.45. The van der Waals surface area contributed by atoms with Crippen LogP contribution >= 0.6 is 0 Å². The van der Waals surface area contributed by atoms with Gasteiger partial charge in [0, 0.05) is 51.3 Å². The molecular weight excluding hydrogens is 302 g/mol. The van der Waals surface area contributed by atoms with E-state index in [0.29, 0.717) is 12.5 Å². The summed E-state index contributed by atoms with van der Waals surface area (Å²) in [5.41, 5.74) is 1.06. The predicted octanol–water partition coefficient (Wildman–Crippen LogP) is 2.63. The van der Waals surface area contributed by atoms with Gasteiger partial charge < -0.3 is 15.0 Å². The highest BCUT2D eigenvalue weighted by atomic mass is 16.5. The molecule has 3 aliphatic rings. The van der Waals surface area contributed by atoms with Crippen LogP contribution < -0.4 is 5.32 Å². The van der Waals surface area contributed by atoms with Crippen molar-refractivity contribution in [3.05, 3.63) is 12.2 Å². The van der Waals surface area contributed by atoms with Crippen LogP contribution in [0.3, 0.4) is 0 Å². The highest BCUT2D eigenvalue weighted by Gasteiger charge is 2.30. The summed E-state index contributed by atoms with van der Waals surface area (Å²) >= 11 is 0. The first-order valence-electron chi connectivity index (χ1n) is 9.69. The molecule has 5 nitrogen and oxygen atoms in total. The Kier molecular flexibility index (Phi) is 6.17. The van der Waals surface area contributed by atoms with E-state index >= 15 is 0 Å². The Bertz CT molecular complexity index is 448. The van der Waals surface area contributed by atoms with Gasteiger partial charge >= 0.3 is 6.03 Å². The Hall–Kier alpha value is -1.07. The van der Waals surface area contributed by atoms with Crippen LogP contribution in [-0.4, -0.2) is 67.3 Å². The van der Waals surface area contributed by atoms with E-state index in [1.165, 1.54) is 25.7 Å². The molecule has 0 aromatic carbocycles. The molecule has 1 aliphatic carbocycles. The molecule has 0 bridgehead atoms. The zero-order valence-corrected chi connectivity index (χ0v) is 15.1. The molecule has 2 amide bonds. The first-order valence-corrected chi connectivity index (χ1v) is 9.69. The van der Waals surface area contributed by atoms with Crippen LogP contribution in [-0.2, 0) is 4.74 Å². The van der Waals surface area contributed by atoms with Crippen LogP contribution in [0.2, 0.25) is 0 Å². The summed E-state index contributed by atoms with van der Waals surface area (Å²) in [6, 6.07) is 0.857. The van der Waals surface area contributed by atoms with Gasteiger partial charge in [0.2, 0.25) is 0 Å². The maximum absolute atomic E-state index is 12.5. The van der Waals surface area contributed by atoms with E-state index in [1.54, 1.807) is 0 Å². The van der Waals surface area contributed by atoms with Crippen molar-refractivity contribution in [1.29, 1.82) is 0 Å². The summed E-state index contributed by atoms with van der Waals surface area (Å²) in [5, 5.41) is 3.14. The molecule has 0 unspecified atom stereocenters. The van der Waals surface area contributed by atoms with Gasteiger partial charge in [-0.05, 0) is 32.6 Å². The predicted molar refractivity (Wildman–Crippen MR) is 96.1 cm³/mol. The molecule has 3 rings (SSSR count). The second kappa shape index (κ2) is 8.34. The Balaban J connectivity index is 1.44. The number of nitrogens with one attached hydrogen (secondary N) is 1. The average Bonchev–Trinajstić information content (AvgIpc) is 3.20. The number of hydrogen-bond donors (Lipinski definition) is 1. The summed E-state index contributed by atoms with van der Waals surface area (Å²) in [7, 11) is 0. The van der Waals surface area contributed by atoms with Crippen molar-refractivity contribution in [2.75, 3.05) is 39.3 Å². The molecule has 1 saturated carbocycles. The van der Waals surface area contributed by atoms with Gasteiger partial charge in [0.25, 0.3) is 0 Å². The fourth-order valence-electron chi connectivity index (χ4n) is 4.49. The van der Waals surface area contributed by atoms with Crippen molar-refractivity contribution in [2.24, 2.45) is 5.92 Å². The van der Waals surface area contributed by atoms with E-state index in [-0.39, 0.29) is 12.1 Å². The molecule has 0 aromatic heterocycles. The molecule has 0 aromatic rings. The first kappa shape index (κ1) is 17.7. The Labute approximate surface area is 146 Å². The summed E-state index contributed by atoms with van der Waals surface area (Å²) in [4.78, 5) is 17.2. The number of nitrogens with zero attached hydrogens (tertiary/aromatic N) is 2. The van der Waals surface area contributed by atoms with Crippen molar-refractivity contribution in [1.82, 2.24) is 15.1 Å². The third-order valence-corrected chi connectivity index (χ3v) is 5.87. The van der Waals surface area contributed by atoms with E-state index < -0.39 is 0 Å². The largest absolute Gasteiger partial charge is 0.374 e. The van der Waals surface area contributed by atoms with Gasteiger partial charge in [0.05, 0.1) is 6.10 Å². The van der Waals surface area contributed by atoms with E-state index in [2.05, 4.69) is 16.8 Å². The lowest BCUT2D eigenvalue weighted by molar-refractivity contribution is 0.118. The smallest absolute Gasteiger partial charge is 0.317 e. The minimum atomic E-state index is 0.0932. The number of carbonyl (C=O) groups is 1. The number of urea groups is 1. The van der Waals surface area contributed by atoms with Crippen LogP contribution in [0.5, 0.6) is 0 Å². The van der Waals surface area contributed by atoms with E-state index in [0.717, 1.165) is 57.2 Å². The zero-order chi connectivity index (χ0) is 16.9. The minimum absolute atomic E-state index is 0.0932. The van der Waals surface area contributed by atoms with Gasteiger partial charge in [-0.1, -0.05) is 25.0 Å². The van der Waals surface area contributed by atoms with Crippen molar-refractivity contribution in [2.45, 2.75) is 57.6 Å². The highest BCUT2D eigenvalue weighted by molar-refractivity contribution is 5.74. The third-order valence-electron chi connectivity index (χ3n) is 5.87. The molecule has 2 heterocycles. The Morgan fingerprint density at radius 2 is 1.92 bits per heavy atom. The van der Waals surface area contributed by atoms with Gasteiger partial charge in [0.15, 0.2) is 0 Å². The maximum Gasteiger partial charge on any atom is 0.317 e. The van der Waals surface area contributed by atoms with Crippen LogP contribution in [0.1, 0.15) is 45.4 Å². The lowest BCUT2D eigenvalue weighted by Gasteiger charge is -2.27.